The number of hydrogen-bond donors (Lipinski definition) is 1. The molecule has 3 heterocycles. The van der Waals surface area contributed by atoms with Gasteiger partial charge >= 0.3 is 6.03 Å². The molecule has 9 heteroatoms. The van der Waals surface area contributed by atoms with E-state index in [-0.39, 0.29) is 12.5 Å². The number of benzodiazepines with no additional fused rings is 1. The third-order valence-electron chi connectivity index (χ3n) is 8.20. The van der Waals surface area contributed by atoms with Crippen molar-refractivity contribution in [3.05, 3.63) is 59.2 Å². The molecule has 6 rings (SSSR count). The summed E-state index contributed by atoms with van der Waals surface area (Å²) in [6.45, 7) is 5.24. The highest BCUT2D eigenvalue weighted by Crippen LogP contribution is 2.35. The summed E-state index contributed by atoms with van der Waals surface area (Å²) in [4.78, 5) is 50.8. The molecule has 8 nitrogen and oxygen atoms in total. The van der Waals surface area contributed by atoms with E-state index in [4.69, 9.17) is 10.7 Å². The van der Waals surface area contributed by atoms with Gasteiger partial charge in [0.2, 0.25) is 12.1 Å². The number of anilines is 2. The van der Waals surface area contributed by atoms with Gasteiger partial charge in [0.15, 0.2) is 0 Å². The molecule has 4 aliphatic rings. The molecule has 3 aliphatic heterocycles. The summed E-state index contributed by atoms with van der Waals surface area (Å²) in [5.74, 6) is 1.09. The molecule has 3 fully saturated rings. The number of carbonyl (C=O) groups is 3. The highest BCUT2D eigenvalue weighted by atomic mass is 32.2. The molecule has 1 aliphatic carbocycles. The number of primary amides is 1. The molecular weight excluding hydrogens is 510 g/mol. The Bertz CT molecular complexity index is 1290. The van der Waals surface area contributed by atoms with E-state index in [1.165, 1.54) is 4.90 Å². The van der Waals surface area contributed by atoms with Gasteiger partial charge in [-0.05, 0) is 80.9 Å². The summed E-state index contributed by atoms with van der Waals surface area (Å²) in [7, 11) is 0. The quantitative estimate of drug-likeness (QED) is 0.581. The van der Waals surface area contributed by atoms with Gasteiger partial charge in [0.25, 0.3) is 5.91 Å². The number of hydrogen-bond acceptors (Lipinski definition) is 5. The predicted molar refractivity (Wildman–Crippen MR) is 158 cm³/mol. The minimum Gasteiger partial charge on any atom is -0.351 e. The number of nitrogens with zero attached hydrogens (tertiary/aromatic N) is 4. The smallest absolute Gasteiger partial charge is 0.321 e. The molecule has 39 heavy (non-hydrogen) atoms. The fourth-order valence-electron chi connectivity index (χ4n) is 6.25. The predicted octanol–water partition coefficient (Wildman–Crippen LogP) is 4.36. The fraction of sp³-hybridized carbons (Fsp3) is 0.467. The number of rotatable bonds is 6. The van der Waals surface area contributed by atoms with Gasteiger partial charge < -0.3 is 10.6 Å². The average molecular weight is 548 g/mol. The van der Waals surface area contributed by atoms with Crippen molar-refractivity contribution in [3.8, 4) is 0 Å². The zero-order valence-corrected chi connectivity index (χ0v) is 23.7. The second kappa shape index (κ2) is 11.4. The number of fused-ring (bicyclic) bond motifs is 5. The van der Waals surface area contributed by atoms with Gasteiger partial charge in [0.1, 0.15) is 6.54 Å². The lowest BCUT2D eigenvalue weighted by Crippen LogP contribution is -2.54. The zero-order valence-electron chi connectivity index (χ0n) is 22.9. The molecular formula is C30H37N5O3S. The first-order valence-corrected chi connectivity index (χ1v) is 15.1. The van der Waals surface area contributed by atoms with E-state index in [0.717, 1.165) is 55.5 Å². The van der Waals surface area contributed by atoms with Crippen LogP contribution in [-0.4, -0.2) is 66.3 Å². The Hall–Kier alpha value is -3.33. The van der Waals surface area contributed by atoms with Crippen molar-refractivity contribution in [2.24, 2.45) is 22.6 Å². The highest BCUT2D eigenvalue weighted by molar-refractivity contribution is 7.99. The van der Waals surface area contributed by atoms with Crippen LogP contribution >= 0.6 is 11.8 Å². The molecule has 2 bridgehead atoms. The van der Waals surface area contributed by atoms with Gasteiger partial charge in [-0.1, -0.05) is 30.3 Å². The van der Waals surface area contributed by atoms with E-state index in [9.17, 15) is 14.4 Å². The molecule has 2 N–H and O–H groups in total. The lowest BCUT2D eigenvalue weighted by atomic mass is 9.84. The van der Waals surface area contributed by atoms with E-state index < -0.39 is 18.1 Å². The van der Waals surface area contributed by atoms with Crippen molar-refractivity contribution in [2.45, 2.75) is 45.7 Å². The Kier molecular flexibility index (Phi) is 7.98. The van der Waals surface area contributed by atoms with E-state index in [1.807, 2.05) is 61.4 Å². The summed E-state index contributed by atoms with van der Waals surface area (Å²) in [5, 5.41) is 0. The largest absolute Gasteiger partial charge is 0.351 e. The van der Waals surface area contributed by atoms with Crippen LogP contribution in [0.4, 0.5) is 16.2 Å². The average Bonchev–Trinajstić information content (AvgIpc) is 3.29. The Morgan fingerprint density at radius 1 is 1.05 bits per heavy atom. The topological polar surface area (TPSA) is 99.3 Å². The van der Waals surface area contributed by atoms with Gasteiger partial charge in [-0.15, -0.1) is 0 Å². The minimum atomic E-state index is -1.23. The van der Waals surface area contributed by atoms with Crippen molar-refractivity contribution in [3.63, 3.8) is 0 Å². The third kappa shape index (κ3) is 5.55. The molecule has 0 aromatic heterocycles. The molecule has 2 aromatic carbocycles. The molecule has 0 unspecified atom stereocenters. The number of aliphatic imine (C=N–C) groups is 1. The molecule has 2 saturated heterocycles. The van der Waals surface area contributed by atoms with E-state index in [2.05, 4.69) is 0 Å². The third-order valence-corrected chi connectivity index (χ3v) is 8.76. The Balaban J connectivity index is 1.58. The summed E-state index contributed by atoms with van der Waals surface area (Å²) in [6.07, 6.45) is 5.40. The van der Waals surface area contributed by atoms with Gasteiger partial charge in [0, 0.05) is 30.1 Å². The lowest BCUT2D eigenvalue weighted by Gasteiger charge is -2.32. The lowest BCUT2D eigenvalue weighted by molar-refractivity contribution is -0.132. The van der Waals surface area contributed by atoms with E-state index in [1.54, 1.807) is 22.7 Å². The van der Waals surface area contributed by atoms with Crippen molar-refractivity contribution in [1.82, 2.24) is 4.90 Å². The van der Waals surface area contributed by atoms with Crippen LogP contribution < -0.4 is 15.5 Å². The van der Waals surface area contributed by atoms with Gasteiger partial charge in [0.05, 0.1) is 11.4 Å². The molecule has 4 amide bonds. The maximum atomic E-state index is 14.4. The van der Waals surface area contributed by atoms with Crippen LogP contribution in [0, 0.1) is 25.7 Å². The fourth-order valence-corrected chi connectivity index (χ4v) is 6.75. The van der Waals surface area contributed by atoms with Crippen LogP contribution in [0.25, 0.3) is 0 Å². The number of para-hydroxylation sites is 1. The van der Waals surface area contributed by atoms with Crippen LogP contribution in [-0.2, 0) is 9.59 Å². The molecule has 1 saturated carbocycles. The standard InChI is InChI=1S/C30H37N5O3S/c1-19-6-4-8-23(14-19)35(30(31)38)28-29(37)34(17-26(36)33-15-21-10-11-22(16-33)13-12-21)27-20(2)7-5-9-24(27)25(32-28)18-39-3/h4-9,14,21-22,28H,10-13,15-18H2,1-3H3,(H2,31,38)/t21?,22?,28-/m1/s1. The Morgan fingerprint density at radius 2 is 1.72 bits per heavy atom. The number of benzene rings is 2. The minimum absolute atomic E-state index is 0.0652. The molecule has 206 valence electrons. The molecule has 0 radical (unpaired) electrons. The number of urea groups is 1. The zero-order chi connectivity index (χ0) is 27.7. The number of carbonyl (C=O) groups excluding carboxylic acids is 3. The van der Waals surface area contributed by atoms with Crippen molar-refractivity contribution in [1.29, 1.82) is 0 Å². The normalized spacial score (nSPS) is 22.6. The molecule has 2 aromatic rings. The molecule has 1 atom stereocenters. The van der Waals surface area contributed by atoms with Crippen molar-refractivity contribution < 1.29 is 14.4 Å². The number of thioether (sulfide) groups is 1. The van der Waals surface area contributed by atoms with Gasteiger partial charge in [-0.2, -0.15) is 11.8 Å². The Morgan fingerprint density at radius 3 is 2.33 bits per heavy atom. The van der Waals surface area contributed by atoms with Crippen LogP contribution in [0.15, 0.2) is 47.5 Å². The van der Waals surface area contributed by atoms with Gasteiger partial charge in [-0.3, -0.25) is 24.4 Å². The first kappa shape index (κ1) is 27.2. The second-order valence-electron chi connectivity index (χ2n) is 11.0. The highest BCUT2D eigenvalue weighted by Gasteiger charge is 2.40. The van der Waals surface area contributed by atoms with Crippen LogP contribution in [0.2, 0.25) is 0 Å². The SMILES string of the molecule is CSCC1=N[C@H](N(C(N)=O)c2cccc(C)c2)C(=O)N(CC(=O)N2CC3CCC(CC3)C2)c2c(C)cccc21. The second-order valence-corrected chi connectivity index (χ2v) is 11.9. The summed E-state index contributed by atoms with van der Waals surface area (Å²) in [6, 6.07) is 12.4. The van der Waals surface area contributed by atoms with Crippen LogP contribution in [0.3, 0.4) is 0 Å². The van der Waals surface area contributed by atoms with Crippen molar-refractivity contribution in [2.75, 3.05) is 41.4 Å². The summed E-state index contributed by atoms with van der Waals surface area (Å²) in [5.41, 5.74) is 10.4. The van der Waals surface area contributed by atoms with Crippen LogP contribution in [0.1, 0.15) is 42.4 Å². The molecule has 0 spiro atoms. The van der Waals surface area contributed by atoms with Crippen LogP contribution in [0.5, 0.6) is 0 Å². The summed E-state index contributed by atoms with van der Waals surface area (Å²) >= 11 is 1.59. The first-order valence-electron chi connectivity index (χ1n) is 13.7. The van der Waals surface area contributed by atoms with E-state index in [0.29, 0.717) is 34.7 Å². The van der Waals surface area contributed by atoms with Crippen molar-refractivity contribution >= 4 is 46.7 Å². The first-order chi connectivity index (χ1) is 18.8. The number of amides is 4. The Labute approximate surface area is 234 Å². The monoisotopic (exact) mass is 547 g/mol. The maximum absolute atomic E-state index is 14.4. The number of aryl methyl sites for hydroxylation is 2. The van der Waals surface area contributed by atoms with Gasteiger partial charge in [-0.25, -0.2) is 4.79 Å². The maximum Gasteiger partial charge on any atom is 0.321 e. The number of nitrogens with two attached hydrogens (primary N) is 1. The summed E-state index contributed by atoms with van der Waals surface area (Å²) < 4.78 is 0. The van der Waals surface area contributed by atoms with E-state index >= 15 is 0 Å².